The number of hydrogen-bond acceptors (Lipinski definition) is 7. The van der Waals surface area contributed by atoms with E-state index in [0.29, 0.717) is 5.71 Å². The predicted molar refractivity (Wildman–Crippen MR) is 94.4 cm³/mol. The molecule has 1 aromatic rings. The summed E-state index contributed by atoms with van der Waals surface area (Å²) < 4.78 is 0. The number of nitro benzene ring substituents is 1. The Kier molecular flexibility index (Phi) is 6.03. The van der Waals surface area contributed by atoms with Crippen LogP contribution in [0.25, 0.3) is 0 Å². The maximum absolute atomic E-state index is 11.8. The van der Waals surface area contributed by atoms with E-state index >= 15 is 0 Å². The zero-order chi connectivity index (χ0) is 18.7. The van der Waals surface area contributed by atoms with E-state index in [-0.39, 0.29) is 27.7 Å². The first kappa shape index (κ1) is 19.6. The minimum absolute atomic E-state index is 0.0351. The van der Waals surface area contributed by atoms with Gasteiger partial charge in [0.1, 0.15) is 16.5 Å². The third kappa shape index (κ3) is 5.31. The van der Waals surface area contributed by atoms with E-state index in [1.165, 1.54) is 6.92 Å². The number of hydrazone groups is 1. The summed E-state index contributed by atoms with van der Waals surface area (Å²) in [6, 6.07) is 2.07. The highest BCUT2D eigenvalue weighted by atomic mass is 35.5. The molecular weight excluding hydrogens is 336 g/mol. The number of rotatable bonds is 5. The van der Waals surface area contributed by atoms with Crippen LogP contribution in [-0.4, -0.2) is 32.8 Å². The number of Topliss-reactive ketones (excluding diaryl/α,β-unsaturated/α-hetero) is 1. The number of hydrogen-bond donors (Lipinski definition) is 2. The highest BCUT2D eigenvalue weighted by molar-refractivity contribution is 6.66. The Morgan fingerprint density at radius 2 is 1.92 bits per heavy atom. The molecule has 0 bridgehead atoms. The lowest BCUT2D eigenvalue weighted by molar-refractivity contribution is -0.384. The lowest BCUT2D eigenvalue weighted by atomic mass is 10.1. The Balaban J connectivity index is 3.21. The number of phenolic OH excluding ortho intramolecular Hbond substituents is 1. The Bertz CT molecular complexity index is 736. The Hall–Kier alpha value is -2.48. The van der Waals surface area contributed by atoms with E-state index in [0.717, 1.165) is 12.1 Å². The van der Waals surface area contributed by atoms with Gasteiger partial charge in [-0.1, -0.05) is 11.6 Å². The van der Waals surface area contributed by atoms with Crippen LogP contribution in [0.15, 0.2) is 22.2 Å². The summed E-state index contributed by atoms with van der Waals surface area (Å²) in [4.78, 5) is 26.2. The van der Waals surface area contributed by atoms with Gasteiger partial charge in [0.25, 0.3) is 5.69 Å². The zero-order valence-electron chi connectivity index (χ0n) is 14.0. The number of nitro groups is 1. The van der Waals surface area contributed by atoms with Crippen molar-refractivity contribution in [2.45, 2.75) is 40.2 Å². The first-order valence-corrected chi connectivity index (χ1v) is 7.38. The molecule has 0 aliphatic carbocycles. The molecule has 8 nitrogen and oxygen atoms in total. The molecular formula is C15H19ClN4O4. The van der Waals surface area contributed by atoms with Gasteiger partial charge in [-0.05, 0) is 33.8 Å². The summed E-state index contributed by atoms with van der Waals surface area (Å²) in [5.74, 6) is -0.733. The summed E-state index contributed by atoms with van der Waals surface area (Å²) in [6.45, 7) is 8.62. The van der Waals surface area contributed by atoms with Crippen molar-refractivity contribution in [3.8, 4) is 5.75 Å². The van der Waals surface area contributed by atoms with Crippen LogP contribution in [0.4, 0.5) is 11.4 Å². The van der Waals surface area contributed by atoms with Crippen LogP contribution >= 0.6 is 11.6 Å². The molecule has 0 atom stereocenters. The lowest BCUT2D eigenvalue weighted by Gasteiger charge is -2.14. The van der Waals surface area contributed by atoms with Crippen molar-refractivity contribution in [2.75, 3.05) is 5.43 Å². The summed E-state index contributed by atoms with van der Waals surface area (Å²) >= 11 is 5.79. The monoisotopic (exact) mass is 354 g/mol. The fourth-order valence-electron chi connectivity index (χ4n) is 1.87. The average Bonchev–Trinajstić information content (AvgIpc) is 2.39. The van der Waals surface area contributed by atoms with E-state index < -0.39 is 16.4 Å². The van der Waals surface area contributed by atoms with Gasteiger partial charge in [0, 0.05) is 6.92 Å². The van der Waals surface area contributed by atoms with E-state index in [2.05, 4.69) is 15.5 Å². The van der Waals surface area contributed by atoms with E-state index in [1.807, 2.05) is 20.8 Å². The third-order valence-electron chi connectivity index (χ3n) is 2.73. The fraction of sp³-hybridized carbons (Fsp3) is 0.400. The summed E-state index contributed by atoms with van der Waals surface area (Å²) in [5, 5.41) is 24.4. The molecule has 0 heterocycles. The molecule has 1 aromatic carbocycles. The number of phenols is 1. The number of carbonyl (C=O) groups excluding carboxylic acids is 1. The van der Waals surface area contributed by atoms with E-state index in [4.69, 9.17) is 11.6 Å². The number of nitrogens with one attached hydrogen (secondary N) is 1. The number of halogens is 1. The molecule has 24 heavy (non-hydrogen) atoms. The normalized spacial score (nSPS) is 12.9. The van der Waals surface area contributed by atoms with Crippen LogP contribution in [0.5, 0.6) is 5.75 Å². The maximum Gasteiger partial charge on any atom is 0.291 e. The van der Waals surface area contributed by atoms with Gasteiger partial charge in [0.2, 0.25) is 0 Å². The molecule has 0 saturated carbocycles. The van der Waals surface area contributed by atoms with Crippen LogP contribution in [0.3, 0.4) is 0 Å². The van der Waals surface area contributed by atoms with Crippen molar-refractivity contribution >= 4 is 40.2 Å². The lowest BCUT2D eigenvalue weighted by Crippen LogP contribution is -2.24. The second-order valence-corrected chi connectivity index (χ2v) is 6.48. The van der Waals surface area contributed by atoms with Crippen LogP contribution in [-0.2, 0) is 4.79 Å². The molecule has 9 heteroatoms. The average molecular weight is 355 g/mol. The first-order chi connectivity index (χ1) is 10.9. The van der Waals surface area contributed by atoms with Crippen molar-refractivity contribution < 1.29 is 14.8 Å². The quantitative estimate of drug-likeness (QED) is 0.362. The summed E-state index contributed by atoms with van der Waals surface area (Å²) in [5.41, 5.74) is 2.22. The van der Waals surface area contributed by atoms with Gasteiger partial charge in [0.15, 0.2) is 5.78 Å². The topological polar surface area (TPSA) is 117 Å². The van der Waals surface area contributed by atoms with Gasteiger partial charge >= 0.3 is 0 Å². The summed E-state index contributed by atoms with van der Waals surface area (Å²) in [7, 11) is 0. The van der Waals surface area contributed by atoms with Crippen molar-refractivity contribution in [3.63, 3.8) is 0 Å². The number of aliphatic imine (C=N–C) groups is 1. The highest BCUT2D eigenvalue weighted by Gasteiger charge is 2.18. The standard InChI is InChI=1S/C15H19ClN4O4/c1-8(17-15(3,4)5)14(9(2)21)19-18-11-6-10(16)12(20(23)24)7-13(11)22/h6-7,18,22H,1-5H3/b17-8?,19-14-. The van der Waals surface area contributed by atoms with Crippen molar-refractivity contribution in [1.82, 2.24) is 0 Å². The fourth-order valence-corrected chi connectivity index (χ4v) is 2.10. The highest BCUT2D eigenvalue weighted by Crippen LogP contribution is 2.34. The summed E-state index contributed by atoms with van der Waals surface area (Å²) in [6.07, 6.45) is 0. The molecule has 130 valence electrons. The SMILES string of the molecule is CC(=O)/C(=N\Nc1cc(Cl)c([N+](=O)[O-])cc1O)C(C)=NC(C)(C)C. The van der Waals surface area contributed by atoms with Crippen molar-refractivity contribution in [1.29, 1.82) is 0 Å². The van der Waals surface area contributed by atoms with Crippen molar-refractivity contribution in [3.05, 3.63) is 27.3 Å². The van der Waals surface area contributed by atoms with Gasteiger partial charge in [-0.2, -0.15) is 5.10 Å². The maximum atomic E-state index is 11.8. The molecule has 0 saturated heterocycles. The molecule has 0 fully saturated rings. The largest absolute Gasteiger partial charge is 0.505 e. The second kappa shape index (κ2) is 7.39. The Morgan fingerprint density at radius 3 is 2.38 bits per heavy atom. The van der Waals surface area contributed by atoms with Gasteiger partial charge in [-0.3, -0.25) is 25.3 Å². The number of nitrogens with zero attached hydrogens (tertiary/aromatic N) is 3. The van der Waals surface area contributed by atoms with Gasteiger partial charge < -0.3 is 5.11 Å². The second-order valence-electron chi connectivity index (χ2n) is 6.07. The molecule has 0 amide bonds. The molecule has 0 spiro atoms. The number of anilines is 1. The number of carbonyl (C=O) groups is 1. The zero-order valence-corrected chi connectivity index (χ0v) is 14.8. The third-order valence-corrected chi connectivity index (χ3v) is 3.03. The molecule has 0 aliphatic heterocycles. The Morgan fingerprint density at radius 1 is 1.33 bits per heavy atom. The van der Waals surface area contributed by atoms with Crippen LogP contribution < -0.4 is 5.43 Å². The smallest absolute Gasteiger partial charge is 0.291 e. The van der Waals surface area contributed by atoms with E-state index in [9.17, 15) is 20.0 Å². The van der Waals surface area contributed by atoms with E-state index in [1.54, 1.807) is 6.92 Å². The number of benzene rings is 1. The van der Waals surface area contributed by atoms with Crippen LogP contribution in [0.2, 0.25) is 5.02 Å². The minimum atomic E-state index is -0.712. The number of aromatic hydroxyl groups is 1. The molecule has 2 N–H and O–H groups in total. The van der Waals surface area contributed by atoms with Crippen LogP contribution in [0, 0.1) is 10.1 Å². The molecule has 1 rings (SSSR count). The number of ketones is 1. The molecule has 0 aromatic heterocycles. The minimum Gasteiger partial charge on any atom is -0.505 e. The van der Waals surface area contributed by atoms with Crippen LogP contribution in [0.1, 0.15) is 34.6 Å². The van der Waals surface area contributed by atoms with Crippen molar-refractivity contribution in [2.24, 2.45) is 10.1 Å². The molecule has 0 aliphatic rings. The molecule has 0 unspecified atom stereocenters. The van der Waals surface area contributed by atoms with Gasteiger partial charge in [-0.25, -0.2) is 0 Å². The van der Waals surface area contributed by atoms with Gasteiger partial charge in [0.05, 0.1) is 27.9 Å². The predicted octanol–water partition coefficient (Wildman–Crippen LogP) is 3.57. The Labute approximate surface area is 144 Å². The van der Waals surface area contributed by atoms with Gasteiger partial charge in [-0.15, -0.1) is 0 Å². The molecule has 0 radical (unpaired) electrons. The first-order valence-electron chi connectivity index (χ1n) is 7.00.